The Labute approximate surface area is 129 Å². The number of carbonyl (C=O) groups is 1. The van der Waals surface area contributed by atoms with Gasteiger partial charge in [-0.2, -0.15) is 0 Å². The SMILES string of the molecule is O=C(CC1CCCC1)Nc1ccc2oc3ccccc3c2c1. The molecule has 1 aliphatic carbocycles. The van der Waals surface area contributed by atoms with E-state index >= 15 is 0 Å². The molecule has 2 aromatic carbocycles. The van der Waals surface area contributed by atoms with Gasteiger partial charge in [-0.05, 0) is 43.0 Å². The minimum atomic E-state index is 0.124. The van der Waals surface area contributed by atoms with E-state index in [9.17, 15) is 4.79 Å². The first-order chi connectivity index (χ1) is 10.8. The number of carbonyl (C=O) groups excluding carboxylic acids is 1. The Bertz CT molecular complexity index is 828. The molecule has 1 aliphatic rings. The summed E-state index contributed by atoms with van der Waals surface area (Å²) < 4.78 is 5.81. The van der Waals surface area contributed by atoms with Gasteiger partial charge < -0.3 is 9.73 Å². The number of rotatable bonds is 3. The minimum absolute atomic E-state index is 0.124. The molecular formula is C19H19NO2. The molecule has 1 amide bonds. The highest BCUT2D eigenvalue weighted by atomic mass is 16.3. The third kappa shape index (κ3) is 2.47. The molecule has 0 bridgehead atoms. The van der Waals surface area contributed by atoms with Crippen LogP contribution in [-0.4, -0.2) is 5.91 Å². The minimum Gasteiger partial charge on any atom is -0.456 e. The van der Waals surface area contributed by atoms with E-state index in [2.05, 4.69) is 5.32 Å². The van der Waals surface area contributed by atoms with Crippen molar-refractivity contribution in [3.8, 4) is 0 Å². The van der Waals surface area contributed by atoms with Gasteiger partial charge in [-0.3, -0.25) is 4.79 Å². The third-order valence-corrected chi connectivity index (χ3v) is 4.61. The molecule has 0 unspecified atom stereocenters. The molecule has 1 heterocycles. The van der Waals surface area contributed by atoms with Gasteiger partial charge in [-0.15, -0.1) is 0 Å². The molecule has 0 radical (unpaired) electrons. The summed E-state index contributed by atoms with van der Waals surface area (Å²) in [5.74, 6) is 0.692. The summed E-state index contributed by atoms with van der Waals surface area (Å²) in [6.45, 7) is 0. The van der Waals surface area contributed by atoms with Crippen molar-refractivity contribution in [1.82, 2.24) is 0 Å². The zero-order chi connectivity index (χ0) is 14.9. The lowest BCUT2D eigenvalue weighted by Gasteiger charge is -2.09. The molecule has 1 saturated carbocycles. The topological polar surface area (TPSA) is 42.2 Å². The smallest absolute Gasteiger partial charge is 0.224 e. The molecule has 22 heavy (non-hydrogen) atoms. The number of amides is 1. The predicted octanol–water partition coefficient (Wildman–Crippen LogP) is 5.10. The maximum Gasteiger partial charge on any atom is 0.224 e. The van der Waals surface area contributed by atoms with Crippen LogP contribution in [0.3, 0.4) is 0 Å². The lowest BCUT2D eigenvalue weighted by Crippen LogP contribution is -2.14. The number of benzene rings is 2. The number of para-hydroxylation sites is 1. The van der Waals surface area contributed by atoms with Crippen molar-refractivity contribution in [2.45, 2.75) is 32.1 Å². The standard InChI is InChI=1S/C19H19NO2/c21-19(11-13-5-1-2-6-13)20-14-9-10-18-16(12-14)15-7-3-4-8-17(15)22-18/h3-4,7-10,12-13H,1-2,5-6,11H2,(H,20,21). The first-order valence-corrected chi connectivity index (χ1v) is 8.01. The van der Waals surface area contributed by atoms with Crippen LogP contribution in [0.1, 0.15) is 32.1 Å². The average molecular weight is 293 g/mol. The van der Waals surface area contributed by atoms with Crippen LogP contribution in [0.2, 0.25) is 0 Å². The van der Waals surface area contributed by atoms with E-state index in [1.54, 1.807) is 0 Å². The molecule has 0 aliphatic heterocycles. The van der Waals surface area contributed by atoms with E-state index in [0.717, 1.165) is 27.6 Å². The molecule has 3 heteroatoms. The molecule has 1 aromatic heterocycles. The highest BCUT2D eigenvalue weighted by Gasteiger charge is 2.18. The summed E-state index contributed by atoms with van der Waals surface area (Å²) in [5.41, 5.74) is 2.59. The van der Waals surface area contributed by atoms with Gasteiger partial charge in [0.2, 0.25) is 5.91 Å². The lowest BCUT2D eigenvalue weighted by molar-refractivity contribution is -0.117. The fourth-order valence-electron chi connectivity index (χ4n) is 3.49. The van der Waals surface area contributed by atoms with Crippen LogP contribution < -0.4 is 5.32 Å². The molecular weight excluding hydrogens is 274 g/mol. The van der Waals surface area contributed by atoms with Crippen molar-refractivity contribution < 1.29 is 9.21 Å². The molecule has 0 spiro atoms. The third-order valence-electron chi connectivity index (χ3n) is 4.61. The Hall–Kier alpha value is -2.29. The highest BCUT2D eigenvalue weighted by Crippen LogP contribution is 2.31. The molecule has 0 saturated heterocycles. The van der Waals surface area contributed by atoms with Crippen molar-refractivity contribution in [3.05, 3.63) is 42.5 Å². The van der Waals surface area contributed by atoms with Gasteiger partial charge in [0, 0.05) is 22.9 Å². The van der Waals surface area contributed by atoms with E-state index in [1.165, 1.54) is 25.7 Å². The molecule has 1 fully saturated rings. The quantitative estimate of drug-likeness (QED) is 0.729. The summed E-state index contributed by atoms with van der Waals surface area (Å²) in [4.78, 5) is 12.2. The normalized spacial score (nSPS) is 15.6. The number of anilines is 1. The Kier molecular flexibility index (Phi) is 3.34. The van der Waals surface area contributed by atoms with Crippen molar-refractivity contribution >= 4 is 33.5 Å². The fourth-order valence-corrected chi connectivity index (χ4v) is 3.49. The van der Waals surface area contributed by atoms with E-state index < -0.39 is 0 Å². The Morgan fingerprint density at radius 1 is 1.05 bits per heavy atom. The predicted molar refractivity (Wildman–Crippen MR) is 88.9 cm³/mol. The Morgan fingerprint density at radius 2 is 1.82 bits per heavy atom. The monoisotopic (exact) mass is 293 g/mol. The molecule has 4 rings (SSSR count). The Morgan fingerprint density at radius 3 is 2.68 bits per heavy atom. The second-order valence-electron chi connectivity index (χ2n) is 6.21. The van der Waals surface area contributed by atoms with E-state index in [0.29, 0.717) is 12.3 Å². The first-order valence-electron chi connectivity index (χ1n) is 8.01. The zero-order valence-corrected chi connectivity index (χ0v) is 12.5. The van der Waals surface area contributed by atoms with Gasteiger partial charge >= 0.3 is 0 Å². The zero-order valence-electron chi connectivity index (χ0n) is 12.5. The summed E-state index contributed by atoms with van der Waals surface area (Å²) >= 11 is 0. The molecule has 1 N–H and O–H groups in total. The van der Waals surface area contributed by atoms with Crippen molar-refractivity contribution in [1.29, 1.82) is 0 Å². The first kappa shape index (κ1) is 13.4. The second-order valence-corrected chi connectivity index (χ2v) is 6.21. The average Bonchev–Trinajstić information content (AvgIpc) is 3.14. The Balaban J connectivity index is 1.59. The van der Waals surface area contributed by atoms with Crippen molar-refractivity contribution in [2.24, 2.45) is 5.92 Å². The second kappa shape index (κ2) is 5.48. The van der Waals surface area contributed by atoms with Gasteiger partial charge in [0.25, 0.3) is 0 Å². The van der Waals surface area contributed by atoms with E-state index in [1.807, 2.05) is 42.5 Å². The van der Waals surface area contributed by atoms with Gasteiger partial charge in [0.15, 0.2) is 0 Å². The van der Waals surface area contributed by atoms with Gasteiger partial charge in [-0.25, -0.2) is 0 Å². The lowest BCUT2D eigenvalue weighted by atomic mass is 10.0. The maximum atomic E-state index is 12.2. The number of nitrogens with one attached hydrogen (secondary N) is 1. The van der Waals surface area contributed by atoms with Crippen molar-refractivity contribution in [3.63, 3.8) is 0 Å². The number of hydrogen-bond acceptors (Lipinski definition) is 2. The van der Waals surface area contributed by atoms with Crippen LogP contribution in [-0.2, 0) is 4.79 Å². The number of furan rings is 1. The van der Waals surface area contributed by atoms with Crippen molar-refractivity contribution in [2.75, 3.05) is 5.32 Å². The van der Waals surface area contributed by atoms with Gasteiger partial charge in [0.1, 0.15) is 11.2 Å². The van der Waals surface area contributed by atoms with Crippen LogP contribution in [0, 0.1) is 5.92 Å². The summed E-state index contributed by atoms with van der Waals surface area (Å²) in [6, 6.07) is 13.8. The van der Waals surface area contributed by atoms with Crippen LogP contribution in [0.25, 0.3) is 21.9 Å². The van der Waals surface area contributed by atoms with E-state index in [4.69, 9.17) is 4.42 Å². The number of hydrogen-bond donors (Lipinski definition) is 1. The molecule has 0 atom stereocenters. The summed E-state index contributed by atoms with van der Waals surface area (Å²) in [7, 11) is 0. The largest absolute Gasteiger partial charge is 0.456 e. The van der Waals surface area contributed by atoms with Crippen LogP contribution in [0.4, 0.5) is 5.69 Å². The molecule has 3 aromatic rings. The van der Waals surface area contributed by atoms with Crippen LogP contribution in [0.15, 0.2) is 46.9 Å². The highest BCUT2D eigenvalue weighted by molar-refractivity contribution is 6.06. The van der Waals surface area contributed by atoms with Crippen LogP contribution in [0.5, 0.6) is 0 Å². The van der Waals surface area contributed by atoms with E-state index in [-0.39, 0.29) is 5.91 Å². The number of fused-ring (bicyclic) bond motifs is 3. The van der Waals surface area contributed by atoms with Gasteiger partial charge in [0.05, 0.1) is 0 Å². The molecule has 112 valence electrons. The maximum absolute atomic E-state index is 12.2. The molecule has 3 nitrogen and oxygen atoms in total. The van der Waals surface area contributed by atoms with Crippen LogP contribution >= 0.6 is 0 Å². The summed E-state index contributed by atoms with van der Waals surface area (Å²) in [5, 5.41) is 5.17. The fraction of sp³-hybridized carbons (Fsp3) is 0.316. The van der Waals surface area contributed by atoms with Gasteiger partial charge in [-0.1, -0.05) is 31.0 Å². The summed E-state index contributed by atoms with van der Waals surface area (Å²) in [6.07, 6.45) is 5.57.